The maximum atomic E-state index is 12.8. The van der Waals surface area contributed by atoms with Crippen molar-refractivity contribution in [1.29, 1.82) is 0 Å². The highest BCUT2D eigenvalue weighted by Gasteiger charge is 2.32. The fourth-order valence-electron chi connectivity index (χ4n) is 4.09. The smallest absolute Gasteiger partial charge is 0.261 e. The number of benzene rings is 3. The van der Waals surface area contributed by atoms with Crippen LogP contribution in [0.15, 0.2) is 88.1 Å². The number of sulfonamides is 1. The number of nitrogens with one attached hydrogen (secondary N) is 1. The first-order valence-electron chi connectivity index (χ1n) is 12.0. The van der Waals surface area contributed by atoms with Crippen LogP contribution in [-0.2, 0) is 26.1 Å². The van der Waals surface area contributed by atoms with Gasteiger partial charge in [0.05, 0.1) is 23.7 Å². The van der Waals surface area contributed by atoms with Crippen LogP contribution in [0.2, 0.25) is 0 Å². The van der Waals surface area contributed by atoms with Gasteiger partial charge in [0.15, 0.2) is 10.6 Å². The van der Waals surface area contributed by atoms with Crippen LogP contribution in [0, 0.1) is 6.92 Å². The summed E-state index contributed by atoms with van der Waals surface area (Å²) in [6.45, 7) is 1.90. The van der Waals surface area contributed by atoms with Gasteiger partial charge in [-0.25, -0.2) is 8.42 Å². The summed E-state index contributed by atoms with van der Waals surface area (Å²) < 4.78 is 42.0. The van der Waals surface area contributed by atoms with Crippen molar-refractivity contribution in [2.24, 2.45) is 0 Å². The molecule has 0 saturated carbocycles. The summed E-state index contributed by atoms with van der Waals surface area (Å²) in [5, 5.41) is 18.6. The van der Waals surface area contributed by atoms with Crippen molar-refractivity contribution < 1.29 is 23.0 Å². The van der Waals surface area contributed by atoms with Crippen LogP contribution in [0.4, 0.5) is 5.69 Å². The van der Waals surface area contributed by atoms with Gasteiger partial charge in [0.2, 0.25) is 0 Å². The highest BCUT2D eigenvalue weighted by molar-refractivity contribution is 8.01. The molecule has 0 radical (unpaired) electrons. The van der Waals surface area contributed by atoms with Crippen molar-refractivity contribution in [2.45, 2.75) is 47.7 Å². The lowest BCUT2D eigenvalue weighted by molar-refractivity contribution is -0.245. The molecule has 1 fully saturated rings. The Morgan fingerprint density at radius 2 is 1.79 bits per heavy atom. The molecule has 2 heterocycles. The van der Waals surface area contributed by atoms with Gasteiger partial charge in [-0.2, -0.15) is 0 Å². The van der Waals surface area contributed by atoms with Crippen LogP contribution in [0.5, 0.6) is 0 Å². The molecule has 0 unspecified atom stereocenters. The Hall–Kier alpha value is -2.80. The molecule has 11 heteroatoms. The third-order valence-corrected chi connectivity index (χ3v) is 9.48. The molecule has 1 aliphatic rings. The van der Waals surface area contributed by atoms with Gasteiger partial charge in [0.25, 0.3) is 10.0 Å². The number of rotatable bonds is 9. The van der Waals surface area contributed by atoms with E-state index in [-0.39, 0.29) is 23.7 Å². The maximum absolute atomic E-state index is 12.8. The van der Waals surface area contributed by atoms with Crippen molar-refractivity contribution in [2.75, 3.05) is 10.5 Å². The summed E-state index contributed by atoms with van der Waals surface area (Å²) in [6, 6.07) is 23.0. The zero-order valence-corrected chi connectivity index (χ0v) is 23.0. The molecule has 5 rings (SSSR count). The Balaban J connectivity index is 1.37. The average molecular weight is 570 g/mol. The first-order valence-corrected chi connectivity index (χ1v) is 15.3. The molecule has 4 aromatic rings. The molecular weight excluding hydrogens is 543 g/mol. The number of hydrogen-bond acceptors (Lipinski definition) is 9. The molecule has 0 bridgehead atoms. The minimum atomic E-state index is -3.74. The lowest BCUT2D eigenvalue weighted by Crippen LogP contribution is -2.31. The number of aliphatic hydroxyl groups excluding tert-OH is 1. The summed E-state index contributed by atoms with van der Waals surface area (Å²) in [4.78, 5) is 0.186. The van der Waals surface area contributed by atoms with Gasteiger partial charge in [-0.3, -0.25) is 4.72 Å². The molecule has 38 heavy (non-hydrogen) atoms. The van der Waals surface area contributed by atoms with Gasteiger partial charge in [0, 0.05) is 23.4 Å². The number of aryl methyl sites for hydroxylation is 1. The zero-order chi connectivity index (χ0) is 26.5. The monoisotopic (exact) mass is 569 g/mol. The largest absolute Gasteiger partial charge is 0.392 e. The van der Waals surface area contributed by atoms with Crippen molar-refractivity contribution in [3.63, 3.8) is 0 Å². The van der Waals surface area contributed by atoms with Gasteiger partial charge in [-0.15, -0.1) is 10.2 Å². The molecule has 3 atom stereocenters. The quantitative estimate of drug-likeness (QED) is 0.255. The number of thioether (sulfide) groups is 1. The first-order chi connectivity index (χ1) is 18.4. The predicted molar refractivity (Wildman–Crippen MR) is 147 cm³/mol. The van der Waals surface area contributed by atoms with E-state index in [9.17, 15) is 13.5 Å². The molecule has 8 nitrogen and oxygen atoms in total. The van der Waals surface area contributed by atoms with E-state index in [4.69, 9.17) is 9.47 Å². The topological polar surface area (TPSA) is 111 Å². The highest BCUT2D eigenvalue weighted by Crippen LogP contribution is 2.40. The lowest BCUT2D eigenvalue weighted by atomic mass is 10.0. The van der Waals surface area contributed by atoms with E-state index in [2.05, 4.69) is 14.9 Å². The molecule has 0 spiro atoms. The summed E-state index contributed by atoms with van der Waals surface area (Å²) in [6.07, 6.45) is -0.447. The van der Waals surface area contributed by atoms with E-state index in [1.54, 1.807) is 71.6 Å². The number of nitrogens with zero attached hydrogens (tertiary/aromatic N) is 2. The molecule has 1 aromatic heterocycles. The van der Waals surface area contributed by atoms with E-state index in [0.29, 0.717) is 23.4 Å². The molecule has 3 aromatic carbocycles. The van der Waals surface area contributed by atoms with Gasteiger partial charge >= 0.3 is 0 Å². The molecule has 0 aliphatic carbocycles. The van der Waals surface area contributed by atoms with Crippen molar-refractivity contribution in [1.82, 2.24) is 10.2 Å². The Kier molecular flexibility index (Phi) is 8.42. The summed E-state index contributed by atoms with van der Waals surface area (Å²) in [7, 11) is -3.74. The van der Waals surface area contributed by atoms with E-state index < -0.39 is 16.3 Å². The maximum Gasteiger partial charge on any atom is 0.261 e. The van der Waals surface area contributed by atoms with E-state index in [1.165, 1.54) is 0 Å². The standard InChI is InChI=1S/C27H27N3O5S3/c1-18-28-29-27(37-18)36-17-23-15-25(20-12-10-19(16-31)11-13-20)35-26(34-23)21-6-5-7-22(14-21)30-38(32,33)24-8-3-2-4-9-24/h2-14,23,25-26,30-31H,15-17H2,1H3/t23-,25+,26+/m0/s1. The fourth-order valence-corrected chi connectivity index (χ4v) is 7.02. The van der Waals surface area contributed by atoms with Crippen molar-refractivity contribution >= 4 is 38.8 Å². The molecule has 0 amide bonds. The van der Waals surface area contributed by atoms with Gasteiger partial charge < -0.3 is 14.6 Å². The molecule has 1 saturated heterocycles. The van der Waals surface area contributed by atoms with Crippen LogP contribution in [-0.4, -0.2) is 35.6 Å². The number of anilines is 1. The van der Waals surface area contributed by atoms with Crippen LogP contribution in [0.3, 0.4) is 0 Å². The second-order valence-electron chi connectivity index (χ2n) is 8.79. The Labute approximate surface area is 230 Å². The number of ether oxygens (including phenoxy) is 2. The lowest BCUT2D eigenvalue weighted by Gasteiger charge is -2.36. The minimum absolute atomic E-state index is 0.0241. The van der Waals surface area contributed by atoms with E-state index >= 15 is 0 Å². The number of aliphatic hydroxyl groups is 1. The molecule has 1 aliphatic heterocycles. The first kappa shape index (κ1) is 26.8. The Morgan fingerprint density at radius 3 is 2.50 bits per heavy atom. The SMILES string of the molecule is Cc1nnc(SC[C@@H]2C[C@H](c3ccc(CO)cc3)O[C@H](c3cccc(NS(=O)(=O)c4ccccc4)c3)O2)s1. The number of hydrogen-bond donors (Lipinski definition) is 2. The fraction of sp³-hybridized carbons (Fsp3) is 0.259. The normalized spacial score (nSPS) is 19.8. The second-order valence-corrected chi connectivity index (χ2v) is 12.9. The summed E-state index contributed by atoms with van der Waals surface area (Å²) in [5.41, 5.74) is 2.94. The molecule has 198 valence electrons. The van der Waals surface area contributed by atoms with Gasteiger partial charge in [-0.05, 0) is 42.3 Å². The third kappa shape index (κ3) is 6.60. The Bertz CT molecular complexity index is 1460. The Morgan fingerprint density at radius 1 is 1.00 bits per heavy atom. The van der Waals surface area contributed by atoms with Crippen molar-refractivity contribution in [3.05, 3.63) is 101 Å². The van der Waals surface area contributed by atoms with Crippen molar-refractivity contribution in [3.8, 4) is 0 Å². The van der Waals surface area contributed by atoms with E-state index in [0.717, 1.165) is 20.5 Å². The molecule has 2 N–H and O–H groups in total. The second kappa shape index (κ2) is 11.9. The average Bonchev–Trinajstić information content (AvgIpc) is 3.37. The number of aromatic nitrogens is 2. The predicted octanol–water partition coefficient (Wildman–Crippen LogP) is 5.48. The highest BCUT2D eigenvalue weighted by atomic mass is 32.2. The molecular formula is C27H27N3O5S3. The van der Waals surface area contributed by atoms with Gasteiger partial charge in [-0.1, -0.05) is 77.7 Å². The van der Waals surface area contributed by atoms with Crippen LogP contribution in [0.1, 0.15) is 40.5 Å². The minimum Gasteiger partial charge on any atom is -0.392 e. The third-order valence-electron chi connectivity index (χ3n) is 5.98. The zero-order valence-electron chi connectivity index (χ0n) is 20.6. The van der Waals surface area contributed by atoms with Gasteiger partial charge in [0.1, 0.15) is 5.01 Å². The van der Waals surface area contributed by atoms with Crippen LogP contribution in [0.25, 0.3) is 0 Å². The van der Waals surface area contributed by atoms with Crippen LogP contribution < -0.4 is 4.72 Å². The van der Waals surface area contributed by atoms with E-state index in [1.807, 2.05) is 37.3 Å². The summed E-state index contributed by atoms with van der Waals surface area (Å²) in [5.74, 6) is 0.667. The summed E-state index contributed by atoms with van der Waals surface area (Å²) >= 11 is 3.14. The van der Waals surface area contributed by atoms with Crippen LogP contribution >= 0.6 is 23.1 Å².